The highest BCUT2D eigenvalue weighted by Gasteiger charge is 2.39. The van der Waals surface area contributed by atoms with Gasteiger partial charge in [-0.25, -0.2) is 8.78 Å². The Labute approximate surface area is 186 Å². The second kappa shape index (κ2) is 9.20. The van der Waals surface area contributed by atoms with Crippen LogP contribution in [0.3, 0.4) is 0 Å². The Kier molecular flexibility index (Phi) is 6.35. The first-order valence-corrected chi connectivity index (χ1v) is 13.0. The van der Waals surface area contributed by atoms with Crippen LogP contribution in [0.4, 0.5) is 8.78 Å². The molecule has 168 valence electrons. The van der Waals surface area contributed by atoms with E-state index in [4.69, 9.17) is 0 Å². The van der Waals surface area contributed by atoms with Crippen LogP contribution in [0.1, 0.15) is 95.5 Å². The van der Waals surface area contributed by atoms with Crippen molar-refractivity contribution < 1.29 is 8.78 Å². The molecule has 0 heterocycles. The summed E-state index contributed by atoms with van der Waals surface area (Å²) in [5.74, 6) is 3.91. The molecule has 4 atom stereocenters. The number of benzene rings is 2. The van der Waals surface area contributed by atoms with Crippen LogP contribution in [-0.4, -0.2) is 0 Å². The van der Waals surface area contributed by atoms with Crippen molar-refractivity contribution in [2.45, 2.75) is 89.9 Å². The van der Waals surface area contributed by atoms with E-state index in [-0.39, 0.29) is 0 Å². The molecule has 3 aliphatic carbocycles. The van der Waals surface area contributed by atoms with Crippen LogP contribution in [0, 0.1) is 41.2 Å². The van der Waals surface area contributed by atoms with E-state index in [0.29, 0.717) is 11.3 Å². The van der Waals surface area contributed by atoms with E-state index < -0.39 is 11.6 Å². The molecule has 0 aromatic heterocycles. The molecule has 1 unspecified atom stereocenters. The van der Waals surface area contributed by atoms with Gasteiger partial charge >= 0.3 is 0 Å². The smallest absolute Gasteiger partial charge is 0.166 e. The molecule has 0 spiro atoms. The fourth-order valence-electron chi connectivity index (χ4n) is 7.55. The number of hydrogen-bond acceptors (Lipinski definition) is 0. The maximum atomic E-state index is 14.1. The largest absolute Gasteiger partial charge is 0.204 e. The number of halogens is 2. The van der Waals surface area contributed by atoms with Gasteiger partial charge in [-0.2, -0.15) is 0 Å². The summed E-state index contributed by atoms with van der Waals surface area (Å²) in [6.07, 6.45) is 17.0. The molecule has 0 radical (unpaired) electrons. The highest BCUT2D eigenvalue weighted by molar-refractivity contribution is 5.84. The lowest BCUT2D eigenvalue weighted by molar-refractivity contribution is 0.0712. The quantitative estimate of drug-likeness (QED) is 0.459. The summed E-state index contributed by atoms with van der Waals surface area (Å²) >= 11 is 0. The van der Waals surface area contributed by atoms with E-state index in [1.807, 2.05) is 0 Å². The summed E-state index contributed by atoms with van der Waals surface area (Å²) in [5.41, 5.74) is 1.33. The lowest BCUT2D eigenvalue weighted by Crippen LogP contribution is -2.34. The van der Waals surface area contributed by atoms with Crippen molar-refractivity contribution >= 4 is 10.8 Å². The third-order valence-corrected chi connectivity index (χ3v) is 9.31. The molecule has 3 fully saturated rings. The van der Waals surface area contributed by atoms with Gasteiger partial charge in [-0.3, -0.25) is 0 Å². The second-order valence-corrected chi connectivity index (χ2v) is 11.0. The third kappa shape index (κ3) is 4.41. The topological polar surface area (TPSA) is 0 Å². The maximum Gasteiger partial charge on any atom is 0.166 e. The van der Waals surface area contributed by atoms with Crippen molar-refractivity contribution in [3.8, 4) is 0 Å². The molecule has 0 aliphatic heterocycles. The van der Waals surface area contributed by atoms with E-state index in [1.165, 1.54) is 88.7 Å². The van der Waals surface area contributed by atoms with Gasteiger partial charge in [-0.15, -0.1) is 0 Å². The van der Waals surface area contributed by atoms with Crippen molar-refractivity contribution in [1.82, 2.24) is 0 Å². The summed E-state index contributed by atoms with van der Waals surface area (Å²) in [6.45, 7) is 2.33. The number of hydrogen-bond donors (Lipinski definition) is 0. The Morgan fingerprint density at radius 1 is 0.742 bits per heavy atom. The molecule has 2 heteroatoms. The third-order valence-electron chi connectivity index (χ3n) is 9.31. The first kappa shape index (κ1) is 21.4. The Balaban J connectivity index is 1.20. The average molecular weight is 425 g/mol. The van der Waals surface area contributed by atoms with E-state index >= 15 is 0 Å². The minimum Gasteiger partial charge on any atom is -0.204 e. The molecular weight excluding hydrogens is 386 g/mol. The molecule has 2 aromatic carbocycles. The van der Waals surface area contributed by atoms with Crippen LogP contribution >= 0.6 is 0 Å². The molecular formula is C29H38F2. The Morgan fingerprint density at radius 3 is 2.19 bits per heavy atom. The summed E-state index contributed by atoms with van der Waals surface area (Å²) in [6, 6.07) is 8.94. The molecule has 0 nitrogen and oxygen atoms in total. The SMILES string of the molecule is CCCC1CCC(C2CC[C@@H]3C[C@H](c4ccc5c(F)c(F)ccc5c4)CC[C@@H]3C2)CC1. The summed E-state index contributed by atoms with van der Waals surface area (Å²) in [5, 5.41) is 1.24. The highest BCUT2D eigenvalue weighted by atomic mass is 19.2. The minimum atomic E-state index is -0.753. The molecule has 2 aromatic rings. The average Bonchev–Trinajstić information content (AvgIpc) is 2.81. The summed E-state index contributed by atoms with van der Waals surface area (Å²) < 4.78 is 27.6. The van der Waals surface area contributed by atoms with E-state index in [1.54, 1.807) is 12.1 Å². The molecule has 5 rings (SSSR count). The lowest BCUT2D eigenvalue weighted by Gasteiger charge is -2.45. The minimum absolute atomic E-state index is 0.409. The van der Waals surface area contributed by atoms with Crippen LogP contribution < -0.4 is 0 Å². The first-order valence-electron chi connectivity index (χ1n) is 13.0. The standard InChI is InChI=1S/C29H38F2/c1-2-3-19-4-6-20(7-5-19)21-8-9-23-17-24(11-10-22(23)16-21)25-12-14-27-26(18-25)13-15-28(30)29(27)31/h12-15,18-24H,2-11,16-17H2,1H3/t19?,20?,21?,22-,23-,24-/m1/s1. The van der Waals surface area contributed by atoms with Gasteiger partial charge in [0.05, 0.1) is 0 Å². The lowest BCUT2D eigenvalue weighted by atomic mass is 9.60. The second-order valence-electron chi connectivity index (χ2n) is 11.0. The van der Waals surface area contributed by atoms with Crippen molar-refractivity contribution in [3.05, 3.63) is 47.5 Å². The van der Waals surface area contributed by atoms with Gasteiger partial charge in [-0.1, -0.05) is 56.9 Å². The summed E-state index contributed by atoms with van der Waals surface area (Å²) in [4.78, 5) is 0. The Bertz CT molecular complexity index is 895. The van der Waals surface area contributed by atoms with E-state index in [0.717, 1.165) is 35.0 Å². The molecule has 0 bridgehead atoms. The Morgan fingerprint density at radius 2 is 1.42 bits per heavy atom. The summed E-state index contributed by atoms with van der Waals surface area (Å²) in [7, 11) is 0. The molecule has 0 N–H and O–H groups in total. The molecule has 3 aliphatic rings. The van der Waals surface area contributed by atoms with Crippen molar-refractivity contribution in [2.24, 2.45) is 29.6 Å². The van der Waals surface area contributed by atoms with Gasteiger partial charge in [0.15, 0.2) is 11.6 Å². The van der Waals surface area contributed by atoms with Crippen LogP contribution in [-0.2, 0) is 0 Å². The van der Waals surface area contributed by atoms with Gasteiger partial charge in [0.1, 0.15) is 0 Å². The zero-order valence-electron chi connectivity index (χ0n) is 19.1. The van der Waals surface area contributed by atoms with E-state index in [9.17, 15) is 8.78 Å². The van der Waals surface area contributed by atoms with Gasteiger partial charge in [-0.05, 0) is 104 Å². The fraction of sp³-hybridized carbons (Fsp3) is 0.655. The maximum absolute atomic E-state index is 14.1. The van der Waals surface area contributed by atoms with Crippen LogP contribution in [0.2, 0.25) is 0 Å². The monoisotopic (exact) mass is 424 g/mol. The predicted molar refractivity (Wildman–Crippen MR) is 125 cm³/mol. The van der Waals surface area contributed by atoms with Crippen LogP contribution in [0.5, 0.6) is 0 Å². The Hall–Kier alpha value is -1.44. The first-order chi connectivity index (χ1) is 15.1. The van der Waals surface area contributed by atoms with Gasteiger partial charge < -0.3 is 0 Å². The van der Waals surface area contributed by atoms with Crippen molar-refractivity contribution in [2.75, 3.05) is 0 Å². The number of rotatable bonds is 4. The number of fused-ring (bicyclic) bond motifs is 2. The van der Waals surface area contributed by atoms with Gasteiger partial charge in [0.25, 0.3) is 0 Å². The fourth-order valence-corrected chi connectivity index (χ4v) is 7.55. The molecule has 0 amide bonds. The molecule has 3 saturated carbocycles. The highest BCUT2D eigenvalue weighted by Crippen LogP contribution is 2.51. The normalized spacial score (nSPS) is 33.9. The predicted octanol–water partition coefficient (Wildman–Crippen LogP) is 9.02. The molecule has 31 heavy (non-hydrogen) atoms. The van der Waals surface area contributed by atoms with Crippen LogP contribution in [0.15, 0.2) is 30.3 Å². The zero-order valence-corrected chi connectivity index (χ0v) is 19.1. The van der Waals surface area contributed by atoms with E-state index in [2.05, 4.69) is 19.1 Å². The van der Waals surface area contributed by atoms with Gasteiger partial charge in [0.2, 0.25) is 0 Å². The molecule has 0 saturated heterocycles. The van der Waals surface area contributed by atoms with Crippen molar-refractivity contribution in [1.29, 1.82) is 0 Å². The zero-order chi connectivity index (χ0) is 21.4. The van der Waals surface area contributed by atoms with Gasteiger partial charge in [0, 0.05) is 5.39 Å². The van der Waals surface area contributed by atoms with Crippen LogP contribution in [0.25, 0.3) is 10.8 Å². The van der Waals surface area contributed by atoms with Crippen molar-refractivity contribution in [3.63, 3.8) is 0 Å².